The molecule has 5 nitrogen and oxygen atoms in total. The zero-order valence-corrected chi connectivity index (χ0v) is 12.3. The van der Waals surface area contributed by atoms with Crippen molar-refractivity contribution in [2.45, 2.75) is 57.1 Å². The number of rotatable bonds is 6. The molecule has 1 aromatic rings. The van der Waals surface area contributed by atoms with Crippen molar-refractivity contribution in [2.75, 3.05) is 12.3 Å². The van der Waals surface area contributed by atoms with Crippen molar-refractivity contribution in [3.63, 3.8) is 0 Å². The maximum Gasteiger partial charge on any atom is 0.126 e. The average Bonchev–Trinajstić information content (AvgIpc) is 2.47. The normalized spacial score (nSPS) is 19.7. The molecule has 112 valence electrons. The Morgan fingerprint density at radius 1 is 1.40 bits per heavy atom. The summed E-state index contributed by atoms with van der Waals surface area (Å²) in [7, 11) is 0. The SMILES string of the molecule is CCOC1(C(Cc2cccnc2N)NN)CCCCC1. The smallest absolute Gasteiger partial charge is 0.126 e. The second-order valence-electron chi connectivity index (χ2n) is 5.53. The number of hydrogen-bond donors (Lipinski definition) is 3. The van der Waals surface area contributed by atoms with E-state index in [9.17, 15) is 0 Å². The predicted octanol–water partition coefficient (Wildman–Crippen LogP) is 1.78. The van der Waals surface area contributed by atoms with Crippen molar-refractivity contribution < 1.29 is 4.74 Å². The molecule has 1 aromatic heterocycles. The van der Waals surface area contributed by atoms with Crippen LogP contribution in [0.3, 0.4) is 0 Å². The van der Waals surface area contributed by atoms with Gasteiger partial charge in [0.2, 0.25) is 0 Å². The Labute approximate surface area is 121 Å². The Morgan fingerprint density at radius 3 is 2.75 bits per heavy atom. The number of nitrogen functional groups attached to an aromatic ring is 1. The Bertz CT molecular complexity index is 413. The molecule has 2 rings (SSSR count). The zero-order chi connectivity index (χ0) is 14.4. The van der Waals surface area contributed by atoms with E-state index in [1.54, 1.807) is 6.20 Å². The molecule has 1 saturated carbocycles. The fourth-order valence-electron chi connectivity index (χ4n) is 3.27. The number of anilines is 1. The van der Waals surface area contributed by atoms with Gasteiger partial charge in [0, 0.05) is 12.8 Å². The molecule has 1 aliphatic rings. The summed E-state index contributed by atoms with van der Waals surface area (Å²) >= 11 is 0. The van der Waals surface area contributed by atoms with Gasteiger partial charge < -0.3 is 10.5 Å². The van der Waals surface area contributed by atoms with Crippen LogP contribution in [-0.4, -0.2) is 23.2 Å². The first-order valence-corrected chi connectivity index (χ1v) is 7.51. The number of pyridine rings is 1. The molecular weight excluding hydrogens is 252 g/mol. The molecule has 0 aromatic carbocycles. The number of nitrogens with one attached hydrogen (secondary N) is 1. The lowest BCUT2D eigenvalue weighted by Gasteiger charge is -2.43. The van der Waals surface area contributed by atoms with E-state index in [-0.39, 0.29) is 11.6 Å². The first-order chi connectivity index (χ1) is 9.72. The van der Waals surface area contributed by atoms with Crippen LogP contribution < -0.4 is 17.0 Å². The lowest BCUT2D eigenvalue weighted by Crippen LogP contribution is -2.57. The Hall–Kier alpha value is -1.17. The van der Waals surface area contributed by atoms with Gasteiger partial charge in [0.25, 0.3) is 0 Å². The molecule has 1 unspecified atom stereocenters. The van der Waals surface area contributed by atoms with E-state index in [2.05, 4.69) is 10.4 Å². The number of nitrogens with zero attached hydrogens (tertiary/aromatic N) is 1. The first kappa shape index (κ1) is 15.2. The summed E-state index contributed by atoms with van der Waals surface area (Å²) in [5, 5.41) is 0. The van der Waals surface area contributed by atoms with E-state index in [0.29, 0.717) is 12.4 Å². The van der Waals surface area contributed by atoms with Crippen molar-refractivity contribution >= 4 is 5.82 Å². The highest BCUT2D eigenvalue weighted by atomic mass is 16.5. The number of aromatic nitrogens is 1. The van der Waals surface area contributed by atoms with E-state index in [1.165, 1.54) is 19.3 Å². The van der Waals surface area contributed by atoms with Crippen LogP contribution in [0.1, 0.15) is 44.6 Å². The van der Waals surface area contributed by atoms with Gasteiger partial charge in [0.1, 0.15) is 5.82 Å². The molecule has 1 atom stereocenters. The third-order valence-corrected chi connectivity index (χ3v) is 4.32. The van der Waals surface area contributed by atoms with Gasteiger partial charge >= 0.3 is 0 Å². The topological polar surface area (TPSA) is 86.2 Å². The summed E-state index contributed by atoms with van der Waals surface area (Å²) in [5.74, 6) is 6.40. The molecule has 0 radical (unpaired) electrons. The predicted molar refractivity (Wildman–Crippen MR) is 80.9 cm³/mol. The number of nitrogens with two attached hydrogens (primary N) is 2. The molecule has 0 aliphatic heterocycles. The number of ether oxygens (including phenoxy) is 1. The highest BCUT2D eigenvalue weighted by Gasteiger charge is 2.40. The lowest BCUT2D eigenvalue weighted by atomic mass is 9.77. The van der Waals surface area contributed by atoms with Crippen LogP contribution in [0.4, 0.5) is 5.82 Å². The van der Waals surface area contributed by atoms with Gasteiger partial charge in [-0.15, -0.1) is 0 Å². The van der Waals surface area contributed by atoms with E-state index < -0.39 is 0 Å². The van der Waals surface area contributed by atoms with Crippen molar-refractivity contribution in [1.82, 2.24) is 10.4 Å². The minimum Gasteiger partial charge on any atom is -0.383 e. The molecule has 0 amide bonds. The summed E-state index contributed by atoms with van der Waals surface area (Å²) in [6.45, 7) is 2.75. The van der Waals surface area contributed by atoms with Crippen LogP contribution in [-0.2, 0) is 11.2 Å². The quantitative estimate of drug-likeness (QED) is 0.545. The van der Waals surface area contributed by atoms with E-state index in [4.69, 9.17) is 16.3 Å². The lowest BCUT2D eigenvalue weighted by molar-refractivity contribution is -0.0898. The third kappa shape index (κ3) is 3.29. The van der Waals surface area contributed by atoms with Gasteiger partial charge in [0.15, 0.2) is 0 Å². The second kappa shape index (κ2) is 7.02. The van der Waals surface area contributed by atoms with Crippen LogP contribution in [0.15, 0.2) is 18.3 Å². The Morgan fingerprint density at radius 2 is 2.15 bits per heavy atom. The van der Waals surface area contributed by atoms with Gasteiger partial charge in [-0.3, -0.25) is 11.3 Å². The Kier molecular flexibility index (Phi) is 5.34. The van der Waals surface area contributed by atoms with Gasteiger partial charge in [-0.05, 0) is 37.8 Å². The van der Waals surface area contributed by atoms with Crippen molar-refractivity contribution in [2.24, 2.45) is 5.84 Å². The molecule has 20 heavy (non-hydrogen) atoms. The summed E-state index contributed by atoms with van der Waals surface area (Å²) in [5.41, 5.74) is 9.77. The van der Waals surface area contributed by atoms with Crippen LogP contribution in [0.5, 0.6) is 0 Å². The summed E-state index contributed by atoms with van der Waals surface area (Å²) < 4.78 is 6.13. The fourth-order valence-corrected chi connectivity index (χ4v) is 3.27. The zero-order valence-electron chi connectivity index (χ0n) is 12.3. The summed E-state index contributed by atoms with van der Waals surface area (Å²) in [6.07, 6.45) is 8.23. The first-order valence-electron chi connectivity index (χ1n) is 7.51. The molecule has 5 N–H and O–H groups in total. The summed E-state index contributed by atoms with van der Waals surface area (Å²) in [4.78, 5) is 4.15. The molecule has 1 heterocycles. The minimum atomic E-state index is -0.177. The maximum absolute atomic E-state index is 6.13. The molecule has 1 fully saturated rings. The van der Waals surface area contributed by atoms with Crippen LogP contribution in [0.25, 0.3) is 0 Å². The minimum absolute atomic E-state index is 0.0641. The molecule has 1 aliphatic carbocycles. The summed E-state index contributed by atoms with van der Waals surface area (Å²) in [6, 6.07) is 3.98. The highest BCUT2D eigenvalue weighted by Crippen LogP contribution is 2.36. The molecule has 0 spiro atoms. The molecule has 0 saturated heterocycles. The van der Waals surface area contributed by atoms with E-state index >= 15 is 0 Å². The molecular formula is C15H26N4O. The molecule has 5 heteroatoms. The number of hydrazine groups is 1. The van der Waals surface area contributed by atoms with Crippen molar-refractivity contribution in [1.29, 1.82) is 0 Å². The van der Waals surface area contributed by atoms with Gasteiger partial charge in [0.05, 0.1) is 11.6 Å². The largest absolute Gasteiger partial charge is 0.383 e. The standard InChI is InChI=1S/C15H26N4O/c1-2-20-15(8-4-3-5-9-15)13(19-17)11-12-7-6-10-18-14(12)16/h6-7,10,13,19H,2-5,8-9,11,17H2,1H3,(H2,16,18). The van der Waals surface area contributed by atoms with Gasteiger partial charge in [-0.2, -0.15) is 0 Å². The average molecular weight is 278 g/mol. The maximum atomic E-state index is 6.13. The van der Waals surface area contributed by atoms with E-state index in [0.717, 1.165) is 24.8 Å². The van der Waals surface area contributed by atoms with Gasteiger partial charge in [-0.1, -0.05) is 25.3 Å². The van der Waals surface area contributed by atoms with Crippen LogP contribution in [0, 0.1) is 0 Å². The van der Waals surface area contributed by atoms with Crippen LogP contribution in [0.2, 0.25) is 0 Å². The third-order valence-electron chi connectivity index (χ3n) is 4.32. The van der Waals surface area contributed by atoms with Crippen molar-refractivity contribution in [3.05, 3.63) is 23.9 Å². The van der Waals surface area contributed by atoms with Gasteiger partial charge in [-0.25, -0.2) is 4.98 Å². The highest BCUT2D eigenvalue weighted by molar-refractivity contribution is 5.39. The van der Waals surface area contributed by atoms with E-state index in [1.807, 2.05) is 19.1 Å². The van der Waals surface area contributed by atoms with Crippen molar-refractivity contribution in [3.8, 4) is 0 Å². The number of hydrogen-bond acceptors (Lipinski definition) is 5. The fraction of sp³-hybridized carbons (Fsp3) is 0.667. The molecule has 0 bridgehead atoms. The van der Waals surface area contributed by atoms with Crippen LogP contribution >= 0.6 is 0 Å². The Balaban J connectivity index is 2.18. The monoisotopic (exact) mass is 278 g/mol. The second-order valence-corrected chi connectivity index (χ2v) is 5.53.